The highest BCUT2D eigenvalue weighted by Gasteiger charge is 2.11. The van der Waals surface area contributed by atoms with Crippen molar-refractivity contribution in [1.82, 2.24) is 4.98 Å². The van der Waals surface area contributed by atoms with Crippen LogP contribution in [0.15, 0.2) is 72.9 Å². The van der Waals surface area contributed by atoms with Crippen molar-refractivity contribution < 1.29 is 9.53 Å². The minimum Gasteiger partial charge on any atom is -0.489 e. The number of pyridine rings is 1. The van der Waals surface area contributed by atoms with Crippen molar-refractivity contribution in [1.29, 1.82) is 0 Å². The molecule has 0 saturated heterocycles. The number of hydrogen-bond acceptors (Lipinski definition) is 4. The summed E-state index contributed by atoms with van der Waals surface area (Å²) in [7, 11) is 0. The third-order valence-corrected chi connectivity index (χ3v) is 3.88. The lowest BCUT2D eigenvalue weighted by Crippen LogP contribution is -2.26. The van der Waals surface area contributed by atoms with Crippen LogP contribution in [0, 0.1) is 0 Å². The summed E-state index contributed by atoms with van der Waals surface area (Å²) >= 11 is 0. The summed E-state index contributed by atoms with van der Waals surface area (Å²) in [4.78, 5) is 16.6. The van der Waals surface area contributed by atoms with E-state index >= 15 is 0 Å². The van der Waals surface area contributed by atoms with Gasteiger partial charge in [0.2, 0.25) is 0 Å². The molecule has 0 radical (unpaired) electrons. The molecule has 3 aromatic rings. The average Bonchev–Trinajstić information content (AvgIpc) is 2.67. The van der Waals surface area contributed by atoms with Crippen LogP contribution in [-0.4, -0.2) is 16.4 Å². The predicted octanol–water partition coefficient (Wildman–Crippen LogP) is 5.12. The van der Waals surface area contributed by atoms with Crippen LogP contribution in [0.4, 0.5) is 11.4 Å². The van der Waals surface area contributed by atoms with Gasteiger partial charge < -0.3 is 15.4 Å². The fraction of sp³-hybridized carbons (Fsp3) is 0.217. The zero-order valence-electron chi connectivity index (χ0n) is 16.4. The fourth-order valence-electron chi connectivity index (χ4n) is 2.61. The smallest absolute Gasteiger partial charge is 0.274 e. The lowest BCUT2D eigenvalue weighted by atomic mass is 10.1. The van der Waals surface area contributed by atoms with Gasteiger partial charge in [0.25, 0.3) is 5.91 Å². The summed E-state index contributed by atoms with van der Waals surface area (Å²) in [6.07, 6.45) is 1.67. The van der Waals surface area contributed by atoms with Crippen LogP contribution in [-0.2, 0) is 6.61 Å². The normalized spacial score (nSPS) is 11.0. The first-order valence-electron chi connectivity index (χ1n) is 9.21. The van der Waals surface area contributed by atoms with Crippen molar-refractivity contribution in [2.24, 2.45) is 0 Å². The van der Waals surface area contributed by atoms with Gasteiger partial charge in [-0.1, -0.05) is 30.3 Å². The standard InChI is InChI=1S/C23H25N3O2/c1-23(2,3)26-19-11-14-21(24-15-19)22(27)25-18-9-12-20(13-10-18)28-16-17-7-5-4-6-8-17/h4-15,26H,16H2,1-3H3,(H,25,27). The van der Waals surface area contributed by atoms with Crippen LogP contribution >= 0.6 is 0 Å². The van der Waals surface area contributed by atoms with Crippen LogP contribution in [0.1, 0.15) is 36.8 Å². The Hall–Kier alpha value is -3.34. The molecule has 3 rings (SSSR count). The zero-order chi connectivity index (χ0) is 20.0. The van der Waals surface area contributed by atoms with Gasteiger partial charge in [0.15, 0.2) is 0 Å². The van der Waals surface area contributed by atoms with Gasteiger partial charge in [-0.15, -0.1) is 0 Å². The van der Waals surface area contributed by atoms with E-state index < -0.39 is 0 Å². The number of hydrogen-bond donors (Lipinski definition) is 2. The maximum atomic E-state index is 12.4. The van der Waals surface area contributed by atoms with Crippen LogP contribution < -0.4 is 15.4 Å². The molecule has 144 valence electrons. The molecule has 0 aliphatic rings. The minimum absolute atomic E-state index is 0.0597. The topological polar surface area (TPSA) is 63.2 Å². The van der Waals surface area contributed by atoms with Gasteiger partial charge in [-0.05, 0) is 62.7 Å². The van der Waals surface area contributed by atoms with Gasteiger partial charge in [-0.3, -0.25) is 4.79 Å². The first-order chi connectivity index (χ1) is 13.4. The van der Waals surface area contributed by atoms with Gasteiger partial charge in [0.1, 0.15) is 18.1 Å². The zero-order valence-corrected chi connectivity index (χ0v) is 16.4. The Bertz CT molecular complexity index is 899. The van der Waals surface area contributed by atoms with Crippen molar-refractivity contribution >= 4 is 17.3 Å². The number of rotatable bonds is 6. The number of nitrogens with zero attached hydrogens (tertiary/aromatic N) is 1. The Kier molecular flexibility index (Phi) is 5.94. The van der Waals surface area contributed by atoms with E-state index in [2.05, 4.69) is 36.4 Å². The largest absolute Gasteiger partial charge is 0.489 e. The molecule has 0 aliphatic heterocycles. The Labute approximate surface area is 165 Å². The summed E-state index contributed by atoms with van der Waals surface area (Å²) in [5.74, 6) is 0.498. The third kappa shape index (κ3) is 5.84. The molecule has 1 amide bonds. The van der Waals surface area contributed by atoms with E-state index in [1.807, 2.05) is 60.7 Å². The maximum absolute atomic E-state index is 12.4. The minimum atomic E-state index is -0.250. The lowest BCUT2D eigenvalue weighted by molar-refractivity contribution is 0.102. The highest BCUT2D eigenvalue weighted by atomic mass is 16.5. The molecule has 0 spiro atoms. The summed E-state index contributed by atoms with van der Waals surface area (Å²) in [5, 5.41) is 6.17. The third-order valence-electron chi connectivity index (χ3n) is 3.88. The number of benzene rings is 2. The Morgan fingerprint density at radius 3 is 2.21 bits per heavy atom. The van der Waals surface area contributed by atoms with E-state index in [-0.39, 0.29) is 11.4 Å². The number of anilines is 2. The van der Waals surface area contributed by atoms with Gasteiger partial charge in [0.05, 0.1) is 11.9 Å². The molecule has 1 aromatic heterocycles. The molecule has 0 fully saturated rings. The van der Waals surface area contributed by atoms with E-state index in [9.17, 15) is 4.79 Å². The average molecular weight is 375 g/mol. The van der Waals surface area contributed by atoms with Gasteiger partial charge in [-0.2, -0.15) is 0 Å². The maximum Gasteiger partial charge on any atom is 0.274 e. The van der Waals surface area contributed by atoms with Crippen molar-refractivity contribution in [3.8, 4) is 5.75 Å². The number of ether oxygens (including phenoxy) is 1. The molecule has 0 aliphatic carbocycles. The van der Waals surface area contributed by atoms with Gasteiger partial charge in [0, 0.05) is 11.2 Å². The van der Waals surface area contributed by atoms with Crippen LogP contribution in [0.25, 0.3) is 0 Å². The molecule has 0 saturated carbocycles. The second-order valence-corrected chi connectivity index (χ2v) is 7.56. The van der Waals surface area contributed by atoms with E-state index in [4.69, 9.17) is 4.74 Å². The number of carbonyl (C=O) groups excluding carboxylic acids is 1. The Morgan fingerprint density at radius 2 is 1.61 bits per heavy atom. The number of aromatic nitrogens is 1. The lowest BCUT2D eigenvalue weighted by Gasteiger charge is -2.21. The first-order valence-corrected chi connectivity index (χ1v) is 9.21. The molecule has 1 heterocycles. The van der Waals surface area contributed by atoms with Crippen LogP contribution in [0.2, 0.25) is 0 Å². The number of nitrogens with one attached hydrogen (secondary N) is 2. The van der Waals surface area contributed by atoms with Crippen molar-refractivity contribution in [2.45, 2.75) is 32.9 Å². The Balaban J connectivity index is 1.55. The molecule has 5 nitrogen and oxygen atoms in total. The summed E-state index contributed by atoms with van der Waals surface area (Å²) in [5.41, 5.74) is 2.98. The van der Waals surface area contributed by atoms with E-state index in [0.29, 0.717) is 18.0 Å². The molecule has 2 aromatic carbocycles. The fourth-order valence-corrected chi connectivity index (χ4v) is 2.61. The summed E-state index contributed by atoms with van der Waals surface area (Å²) in [6.45, 7) is 6.72. The van der Waals surface area contributed by atoms with Crippen molar-refractivity contribution in [3.63, 3.8) is 0 Å². The van der Waals surface area contributed by atoms with Gasteiger partial charge in [-0.25, -0.2) is 4.98 Å². The van der Waals surface area contributed by atoms with Crippen molar-refractivity contribution in [2.75, 3.05) is 10.6 Å². The molecule has 0 atom stereocenters. The molecule has 5 heteroatoms. The Morgan fingerprint density at radius 1 is 0.929 bits per heavy atom. The summed E-state index contributed by atoms with van der Waals surface area (Å²) in [6, 6.07) is 20.8. The van der Waals surface area contributed by atoms with Crippen LogP contribution in [0.3, 0.4) is 0 Å². The molecule has 28 heavy (non-hydrogen) atoms. The summed E-state index contributed by atoms with van der Waals surface area (Å²) < 4.78 is 5.76. The van der Waals surface area contributed by atoms with E-state index in [1.54, 1.807) is 12.3 Å². The van der Waals surface area contributed by atoms with E-state index in [0.717, 1.165) is 17.0 Å². The second-order valence-electron chi connectivity index (χ2n) is 7.56. The van der Waals surface area contributed by atoms with Crippen molar-refractivity contribution in [3.05, 3.63) is 84.2 Å². The molecule has 2 N–H and O–H groups in total. The van der Waals surface area contributed by atoms with Gasteiger partial charge >= 0.3 is 0 Å². The van der Waals surface area contributed by atoms with Crippen LogP contribution in [0.5, 0.6) is 5.75 Å². The quantitative estimate of drug-likeness (QED) is 0.627. The molecular formula is C23H25N3O2. The predicted molar refractivity (Wildman–Crippen MR) is 113 cm³/mol. The first kappa shape index (κ1) is 19.4. The monoisotopic (exact) mass is 375 g/mol. The second kappa shape index (κ2) is 8.57. The number of amides is 1. The molecular weight excluding hydrogens is 350 g/mol. The SMILES string of the molecule is CC(C)(C)Nc1ccc(C(=O)Nc2ccc(OCc3ccccc3)cc2)nc1. The highest BCUT2D eigenvalue weighted by molar-refractivity contribution is 6.02. The highest BCUT2D eigenvalue weighted by Crippen LogP contribution is 2.18. The van der Waals surface area contributed by atoms with E-state index in [1.165, 1.54) is 0 Å². The molecule has 0 unspecified atom stereocenters. The number of carbonyl (C=O) groups is 1. The molecule has 0 bridgehead atoms.